The summed E-state index contributed by atoms with van der Waals surface area (Å²) in [6, 6.07) is 4.69. The summed E-state index contributed by atoms with van der Waals surface area (Å²) >= 11 is 5.85. The quantitative estimate of drug-likeness (QED) is 0.922. The summed E-state index contributed by atoms with van der Waals surface area (Å²) in [5, 5.41) is 3.15. The second kappa shape index (κ2) is 6.87. The van der Waals surface area contributed by atoms with Crippen molar-refractivity contribution in [3.63, 3.8) is 0 Å². The summed E-state index contributed by atoms with van der Waals surface area (Å²) in [6.07, 6.45) is 3.37. The van der Waals surface area contributed by atoms with Gasteiger partial charge < -0.3 is 10.2 Å². The highest BCUT2D eigenvalue weighted by atomic mass is 35.5. The number of piperidine rings is 1. The van der Waals surface area contributed by atoms with Gasteiger partial charge in [0, 0.05) is 19.6 Å². The fourth-order valence-electron chi connectivity index (χ4n) is 2.24. The van der Waals surface area contributed by atoms with E-state index in [1.807, 2.05) is 4.90 Å². The van der Waals surface area contributed by atoms with Crippen LogP contribution in [-0.4, -0.2) is 30.4 Å². The van der Waals surface area contributed by atoms with Crippen molar-refractivity contribution in [1.29, 1.82) is 0 Å². The van der Waals surface area contributed by atoms with Crippen LogP contribution in [0.5, 0.6) is 0 Å². The SMILES string of the molecule is O=C(CNCc1cccc(F)c1Cl)N1CCCCC1. The largest absolute Gasteiger partial charge is 0.342 e. The number of hydrogen-bond acceptors (Lipinski definition) is 2. The molecule has 104 valence electrons. The molecule has 0 unspecified atom stereocenters. The first kappa shape index (κ1) is 14.3. The number of halogens is 2. The summed E-state index contributed by atoms with van der Waals surface area (Å²) < 4.78 is 13.2. The Hall–Kier alpha value is -1.13. The Labute approximate surface area is 117 Å². The molecule has 0 radical (unpaired) electrons. The fraction of sp³-hybridized carbons (Fsp3) is 0.500. The van der Waals surface area contributed by atoms with E-state index >= 15 is 0 Å². The highest BCUT2D eigenvalue weighted by molar-refractivity contribution is 6.31. The lowest BCUT2D eigenvalue weighted by molar-refractivity contribution is -0.131. The molecule has 2 rings (SSSR count). The zero-order valence-corrected chi connectivity index (χ0v) is 11.5. The molecule has 1 aromatic rings. The molecule has 1 heterocycles. The predicted molar refractivity (Wildman–Crippen MR) is 73.5 cm³/mol. The first-order chi connectivity index (χ1) is 9.18. The summed E-state index contributed by atoms with van der Waals surface area (Å²) in [5.74, 6) is -0.324. The molecule has 1 N–H and O–H groups in total. The summed E-state index contributed by atoms with van der Waals surface area (Å²) in [7, 11) is 0. The van der Waals surface area contributed by atoms with Crippen molar-refractivity contribution in [2.24, 2.45) is 0 Å². The smallest absolute Gasteiger partial charge is 0.236 e. The maximum atomic E-state index is 13.2. The van der Waals surface area contributed by atoms with Crippen LogP contribution in [-0.2, 0) is 11.3 Å². The monoisotopic (exact) mass is 284 g/mol. The van der Waals surface area contributed by atoms with Gasteiger partial charge in [0.2, 0.25) is 5.91 Å². The number of hydrogen-bond donors (Lipinski definition) is 1. The van der Waals surface area contributed by atoms with Crippen LogP contribution in [0.3, 0.4) is 0 Å². The van der Waals surface area contributed by atoms with Gasteiger partial charge >= 0.3 is 0 Å². The standard InChI is InChI=1S/C14H18ClFN2O/c15-14-11(5-4-6-12(14)16)9-17-10-13(19)18-7-2-1-3-8-18/h4-6,17H,1-3,7-10H2. The van der Waals surface area contributed by atoms with Gasteiger partial charge in [-0.1, -0.05) is 23.7 Å². The normalized spacial score (nSPS) is 15.6. The van der Waals surface area contributed by atoms with E-state index < -0.39 is 5.82 Å². The topological polar surface area (TPSA) is 32.3 Å². The lowest BCUT2D eigenvalue weighted by Crippen LogP contribution is -2.41. The molecule has 0 aliphatic carbocycles. The molecule has 0 atom stereocenters. The Morgan fingerprint density at radius 3 is 2.79 bits per heavy atom. The number of carbonyl (C=O) groups excluding carboxylic acids is 1. The molecule has 1 saturated heterocycles. The van der Waals surface area contributed by atoms with Crippen molar-refractivity contribution in [1.82, 2.24) is 10.2 Å². The molecular weight excluding hydrogens is 267 g/mol. The minimum Gasteiger partial charge on any atom is -0.342 e. The molecule has 1 aliphatic rings. The zero-order valence-electron chi connectivity index (χ0n) is 10.8. The maximum absolute atomic E-state index is 13.2. The molecule has 19 heavy (non-hydrogen) atoms. The maximum Gasteiger partial charge on any atom is 0.236 e. The highest BCUT2D eigenvalue weighted by Gasteiger charge is 2.15. The van der Waals surface area contributed by atoms with Gasteiger partial charge in [-0.15, -0.1) is 0 Å². The number of likely N-dealkylation sites (tertiary alicyclic amines) is 1. The van der Waals surface area contributed by atoms with Crippen LogP contribution in [0, 0.1) is 5.82 Å². The van der Waals surface area contributed by atoms with Crippen LogP contribution in [0.2, 0.25) is 5.02 Å². The third kappa shape index (κ3) is 3.91. The number of nitrogens with one attached hydrogen (secondary N) is 1. The average Bonchev–Trinajstić information content (AvgIpc) is 2.44. The van der Waals surface area contributed by atoms with Crippen LogP contribution in [0.25, 0.3) is 0 Å². The zero-order chi connectivity index (χ0) is 13.7. The predicted octanol–water partition coefficient (Wildman–Crippen LogP) is 2.58. The molecule has 0 bridgehead atoms. The second-order valence-corrected chi connectivity index (χ2v) is 5.14. The van der Waals surface area contributed by atoms with Gasteiger partial charge in [-0.2, -0.15) is 0 Å². The third-order valence-corrected chi connectivity index (χ3v) is 3.76. The van der Waals surface area contributed by atoms with Gasteiger partial charge in [0.15, 0.2) is 0 Å². The van der Waals surface area contributed by atoms with Gasteiger partial charge in [0.05, 0.1) is 11.6 Å². The Bertz CT molecular complexity index is 447. The molecule has 1 fully saturated rings. The Morgan fingerprint density at radius 2 is 2.05 bits per heavy atom. The molecule has 0 saturated carbocycles. The van der Waals surface area contributed by atoms with E-state index in [1.165, 1.54) is 12.5 Å². The van der Waals surface area contributed by atoms with Gasteiger partial charge in [-0.05, 0) is 30.9 Å². The number of carbonyl (C=O) groups is 1. The van der Waals surface area contributed by atoms with E-state index in [0.29, 0.717) is 12.1 Å². The second-order valence-electron chi connectivity index (χ2n) is 4.76. The summed E-state index contributed by atoms with van der Waals surface area (Å²) in [5.41, 5.74) is 0.674. The third-order valence-electron chi connectivity index (χ3n) is 3.33. The van der Waals surface area contributed by atoms with Crippen LogP contribution >= 0.6 is 11.6 Å². The lowest BCUT2D eigenvalue weighted by Gasteiger charge is -2.26. The molecule has 1 aliphatic heterocycles. The van der Waals surface area contributed by atoms with Crippen LogP contribution in [0.4, 0.5) is 4.39 Å². The molecule has 1 aromatic carbocycles. The molecule has 5 heteroatoms. The number of nitrogens with zero attached hydrogens (tertiary/aromatic N) is 1. The molecular formula is C14H18ClFN2O. The lowest BCUT2D eigenvalue weighted by atomic mass is 10.1. The first-order valence-electron chi connectivity index (χ1n) is 6.60. The minimum atomic E-state index is -0.427. The van der Waals surface area contributed by atoms with Crippen LogP contribution < -0.4 is 5.32 Å². The Balaban J connectivity index is 1.79. The minimum absolute atomic E-state index is 0.104. The van der Waals surface area contributed by atoms with Crippen molar-refractivity contribution in [2.45, 2.75) is 25.8 Å². The summed E-state index contributed by atoms with van der Waals surface area (Å²) in [6.45, 7) is 2.37. The van der Waals surface area contributed by atoms with Gasteiger partial charge in [0.25, 0.3) is 0 Å². The van der Waals surface area contributed by atoms with Gasteiger partial charge in [-0.3, -0.25) is 4.79 Å². The van der Waals surface area contributed by atoms with Crippen LogP contribution in [0.1, 0.15) is 24.8 Å². The van der Waals surface area contributed by atoms with Crippen molar-refractivity contribution in [3.05, 3.63) is 34.6 Å². The van der Waals surface area contributed by atoms with Crippen molar-refractivity contribution in [2.75, 3.05) is 19.6 Å². The average molecular weight is 285 g/mol. The molecule has 0 aromatic heterocycles. The van der Waals surface area contributed by atoms with Crippen LogP contribution in [0.15, 0.2) is 18.2 Å². The van der Waals surface area contributed by atoms with Gasteiger partial charge in [0.1, 0.15) is 5.82 Å². The van der Waals surface area contributed by atoms with E-state index in [4.69, 9.17) is 11.6 Å². The number of rotatable bonds is 4. The van der Waals surface area contributed by atoms with Crippen molar-refractivity contribution < 1.29 is 9.18 Å². The Morgan fingerprint density at radius 1 is 1.32 bits per heavy atom. The number of benzene rings is 1. The molecule has 3 nitrogen and oxygen atoms in total. The Kier molecular flexibility index (Phi) is 5.16. The van der Waals surface area contributed by atoms with E-state index in [-0.39, 0.29) is 17.5 Å². The van der Waals surface area contributed by atoms with E-state index in [2.05, 4.69) is 5.32 Å². The van der Waals surface area contributed by atoms with Gasteiger partial charge in [-0.25, -0.2) is 4.39 Å². The number of amides is 1. The van der Waals surface area contributed by atoms with Crippen molar-refractivity contribution in [3.8, 4) is 0 Å². The van der Waals surface area contributed by atoms with Crippen molar-refractivity contribution >= 4 is 17.5 Å². The molecule has 1 amide bonds. The highest BCUT2D eigenvalue weighted by Crippen LogP contribution is 2.19. The van der Waals surface area contributed by atoms with E-state index in [1.54, 1.807) is 12.1 Å². The summed E-state index contributed by atoms with van der Waals surface area (Å²) in [4.78, 5) is 13.8. The van der Waals surface area contributed by atoms with E-state index in [9.17, 15) is 9.18 Å². The fourth-order valence-corrected chi connectivity index (χ4v) is 2.44. The first-order valence-corrected chi connectivity index (χ1v) is 6.97. The molecule has 0 spiro atoms. The van der Waals surface area contributed by atoms with E-state index in [0.717, 1.165) is 25.9 Å².